The Morgan fingerprint density at radius 2 is 2.13 bits per heavy atom. The number of carboxylic acid groups (broad SMARTS) is 1. The van der Waals surface area contributed by atoms with Gasteiger partial charge in [0.15, 0.2) is 0 Å². The summed E-state index contributed by atoms with van der Waals surface area (Å²) in [5.74, 6) is -0.908. The molecule has 1 aromatic heterocycles. The van der Waals surface area contributed by atoms with Gasteiger partial charge < -0.3 is 10.0 Å². The van der Waals surface area contributed by atoms with Crippen LogP contribution in [0.3, 0.4) is 0 Å². The first-order valence-electron chi connectivity index (χ1n) is 5.25. The van der Waals surface area contributed by atoms with E-state index < -0.39 is 5.97 Å². The monoisotopic (exact) mass is 209 g/mol. The van der Waals surface area contributed by atoms with Crippen molar-refractivity contribution in [2.75, 3.05) is 19.6 Å². The van der Waals surface area contributed by atoms with Crippen LogP contribution in [0.25, 0.3) is 0 Å². The van der Waals surface area contributed by atoms with Crippen molar-refractivity contribution in [3.05, 3.63) is 18.0 Å². The summed E-state index contributed by atoms with van der Waals surface area (Å²) in [4.78, 5) is 13.1. The summed E-state index contributed by atoms with van der Waals surface area (Å²) in [5.41, 5.74) is 0.272. The fraction of sp³-hybridized carbons (Fsp3) is 0.600. The molecule has 0 spiro atoms. The van der Waals surface area contributed by atoms with Crippen LogP contribution in [-0.2, 0) is 6.54 Å². The van der Waals surface area contributed by atoms with Crippen molar-refractivity contribution in [2.24, 2.45) is 0 Å². The molecule has 5 nitrogen and oxygen atoms in total. The normalized spacial score (nSPS) is 17.1. The molecule has 1 saturated heterocycles. The Morgan fingerprint density at radius 3 is 2.80 bits per heavy atom. The van der Waals surface area contributed by atoms with E-state index in [0.717, 1.165) is 19.6 Å². The maximum Gasteiger partial charge on any atom is 0.354 e. The Labute approximate surface area is 88.3 Å². The molecule has 0 radical (unpaired) electrons. The highest BCUT2D eigenvalue weighted by Gasteiger charge is 2.13. The van der Waals surface area contributed by atoms with Gasteiger partial charge in [0.2, 0.25) is 0 Å². The van der Waals surface area contributed by atoms with E-state index in [-0.39, 0.29) is 5.69 Å². The molecule has 0 atom stereocenters. The van der Waals surface area contributed by atoms with Gasteiger partial charge in [-0.25, -0.2) is 4.79 Å². The molecular weight excluding hydrogens is 194 g/mol. The summed E-state index contributed by atoms with van der Waals surface area (Å²) in [5, 5.41) is 12.9. The van der Waals surface area contributed by atoms with E-state index in [0.29, 0.717) is 6.54 Å². The maximum atomic E-state index is 10.8. The van der Waals surface area contributed by atoms with Crippen LogP contribution in [0.4, 0.5) is 0 Å². The molecule has 2 heterocycles. The van der Waals surface area contributed by atoms with Crippen LogP contribution < -0.4 is 0 Å². The molecule has 0 saturated carbocycles. The predicted octanol–water partition coefficient (Wildman–Crippen LogP) is 0.677. The molecular formula is C10H15N3O2. The second kappa shape index (κ2) is 4.44. The van der Waals surface area contributed by atoms with E-state index >= 15 is 0 Å². The molecule has 0 bridgehead atoms. The van der Waals surface area contributed by atoms with Gasteiger partial charge in [0, 0.05) is 12.7 Å². The minimum Gasteiger partial charge on any atom is -0.477 e. The average Bonchev–Trinajstić information content (AvgIpc) is 2.86. The molecule has 1 aliphatic rings. The molecule has 5 heteroatoms. The Balaban J connectivity index is 1.92. The first-order chi connectivity index (χ1) is 7.27. The Kier molecular flexibility index (Phi) is 3.01. The molecule has 15 heavy (non-hydrogen) atoms. The summed E-state index contributed by atoms with van der Waals surface area (Å²) in [6.45, 7) is 3.81. The van der Waals surface area contributed by atoms with Gasteiger partial charge in [-0.05, 0) is 32.0 Å². The Morgan fingerprint density at radius 1 is 1.40 bits per heavy atom. The van der Waals surface area contributed by atoms with Crippen molar-refractivity contribution < 1.29 is 9.90 Å². The molecule has 2 rings (SSSR count). The van der Waals surface area contributed by atoms with Gasteiger partial charge in [-0.15, -0.1) is 0 Å². The number of rotatable bonds is 4. The van der Waals surface area contributed by atoms with Crippen molar-refractivity contribution in [1.82, 2.24) is 14.7 Å². The van der Waals surface area contributed by atoms with Crippen LogP contribution >= 0.6 is 0 Å². The second-order valence-electron chi connectivity index (χ2n) is 3.79. The van der Waals surface area contributed by atoms with Gasteiger partial charge in [-0.1, -0.05) is 0 Å². The third-order valence-corrected chi connectivity index (χ3v) is 2.76. The van der Waals surface area contributed by atoms with E-state index in [2.05, 4.69) is 10.00 Å². The molecule has 0 aliphatic carbocycles. The van der Waals surface area contributed by atoms with Gasteiger partial charge in [-0.3, -0.25) is 4.68 Å². The number of nitrogens with zero attached hydrogens (tertiary/aromatic N) is 3. The van der Waals surface area contributed by atoms with Crippen molar-refractivity contribution in [3.63, 3.8) is 0 Å². The molecule has 82 valence electrons. The molecule has 0 unspecified atom stereocenters. The van der Waals surface area contributed by atoms with E-state index in [1.54, 1.807) is 4.68 Å². The van der Waals surface area contributed by atoms with Crippen LogP contribution in [0.5, 0.6) is 0 Å². The van der Waals surface area contributed by atoms with Gasteiger partial charge in [0.25, 0.3) is 0 Å². The molecule has 1 aromatic rings. The Hall–Kier alpha value is -1.36. The van der Waals surface area contributed by atoms with Crippen LogP contribution in [0.2, 0.25) is 0 Å². The van der Waals surface area contributed by atoms with Crippen LogP contribution in [0.1, 0.15) is 23.3 Å². The topological polar surface area (TPSA) is 58.4 Å². The number of carbonyl (C=O) groups is 1. The molecule has 1 fully saturated rings. The maximum absolute atomic E-state index is 10.8. The molecule has 1 aliphatic heterocycles. The summed E-state index contributed by atoms with van der Waals surface area (Å²) in [7, 11) is 0. The van der Waals surface area contributed by atoms with Crippen LogP contribution in [0, 0.1) is 0 Å². The SMILES string of the molecule is O=C(O)c1ccnn1CCN1CCCC1. The van der Waals surface area contributed by atoms with E-state index in [1.807, 2.05) is 0 Å². The number of hydrogen-bond donors (Lipinski definition) is 1. The fourth-order valence-corrected chi connectivity index (χ4v) is 1.93. The second-order valence-corrected chi connectivity index (χ2v) is 3.79. The molecule has 1 N–H and O–H groups in total. The predicted molar refractivity (Wildman–Crippen MR) is 54.9 cm³/mol. The van der Waals surface area contributed by atoms with Crippen LogP contribution in [0.15, 0.2) is 12.3 Å². The number of aromatic nitrogens is 2. The van der Waals surface area contributed by atoms with Crippen molar-refractivity contribution in [1.29, 1.82) is 0 Å². The third-order valence-electron chi connectivity index (χ3n) is 2.76. The summed E-state index contributed by atoms with van der Waals surface area (Å²) >= 11 is 0. The average molecular weight is 209 g/mol. The lowest BCUT2D eigenvalue weighted by Crippen LogP contribution is -2.25. The highest BCUT2D eigenvalue weighted by Crippen LogP contribution is 2.07. The van der Waals surface area contributed by atoms with Crippen LogP contribution in [-0.4, -0.2) is 45.4 Å². The van der Waals surface area contributed by atoms with E-state index in [9.17, 15) is 4.79 Å². The first-order valence-corrected chi connectivity index (χ1v) is 5.25. The van der Waals surface area contributed by atoms with Gasteiger partial charge in [-0.2, -0.15) is 5.10 Å². The van der Waals surface area contributed by atoms with Gasteiger partial charge >= 0.3 is 5.97 Å². The van der Waals surface area contributed by atoms with Gasteiger partial charge in [0.05, 0.1) is 6.54 Å². The highest BCUT2D eigenvalue weighted by molar-refractivity contribution is 5.85. The quantitative estimate of drug-likeness (QED) is 0.792. The minimum atomic E-state index is -0.908. The minimum absolute atomic E-state index is 0.272. The summed E-state index contributed by atoms with van der Waals surface area (Å²) in [6, 6.07) is 1.53. The summed E-state index contributed by atoms with van der Waals surface area (Å²) in [6.07, 6.45) is 4.04. The van der Waals surface area contributed by atoms with E-state index in [1.165, 1.54) is 25.1 Å². The number of aromatic carboxylic acids is 1. The standard InChI is InChI=1S/C10H15N3O2/c14-10(15)9-3-4-11-13(9)8-7-12-5-1-2-6-12/h3-4H,1-2,5-8H2,(H,14,15). The zero-order chi connectivity index (χ0) is 10.7. The van der Waals surface area contributed by atoms with Crippen molar-refractivity contribution in [2.45, 2.75) is 19.4 Å². The van der Waals surface area contributed by atoms with Gasteiger partial charge in [0.1, 0.15) is 5.69 Å². The Bertz CT molecular complexity index is 342. The summed E-state index contributed by atoms with van der Waals surface area (Å²) < 4.78 is 1.56. The molecule has 0 aromatic carbocycles. The zero-order valence-electron chi connectivity index (χ0n) is 8.59. The lowest BCUT2D eigenvalue weighted by atomic mass is 10.4. The van der Waals surface area contributed by atoms with Crippen molar-refractivity contribution in [3.8, 4) is 0 Å². The van der Waals surface area contributed by atoms with Crippen molar-refractivity contribution >= 4 is 5.97 Å². The molecule has 0 amide bonds. The number of carboxylic acids is 1. The van der Waals surface area contributed by atoms with E-state index in [4.69, 9.17) is 5.11 Å². The highest BCUT2D eigenvalue weighted by atomic mass is 16.4. The first kappa shape index (κ1) is 10.2. The smallest absolute Gasteiger partial charge is 0.354 e. The zero-order valence-corrected chi connectivity index (χ0v) is 8.59. The lowest BCUT2D eigenvalue weighted by Gasteiger charge is -2.14. The fourth-order valence-electron chi connectivity index (χ4n) is 1.93. The lowest BCUT2D eigenvalue weighted by molar-refractivity contribution is 0.0682. The number of hydrogen-bond acceptors (Lipinski definition) is 3. The largest absolute Gasteiger partial charge is 0.477 e. The number of likely N-dealkylation sites (tertiary alicyclic amines) is 1. The third kappa shape index (κ3) is 2.36.